The van der Waals surface area contributed by atoms with Crippen LogP contribution in [0.5, 0.6) is 0 Å². The van der Waals surface area contributed by atoms with E-state index in [1.807, 2.05) is 6.08 Å². The van der Waals surface area contributed by atoms with Crippen molar-refractivity contribution >= 4 is 5.82 Å². The van der Waals surface area contributed by atoms with Crippen LogP contribution in [0.3, 0.4) is 0 Å². The summed E-state index contributed by atoms with van der Waals surface area (Å²) in [6, 6.07) is 0. The zero-order chi connectivity index (χ0) is 10.8. The van der Waals surface area contributed by atoms with Gasteiger partial charge in [-0.25, -0.2) is 4.98 Å². The van der Waals surface area contributed by atoms with Gasteiger partial charge in [-0.05, 0) is 12.8 Å². The second-order valence-corrected chi connectivity index (χ2v) is 4.18. The van der Waals surface area contributed by atoms with Gasteiger partial charge < -0.3 is 10.3 Å². The van der Waals surface area contributed by atoms with E-state index >= 15 is 0 Å². The molecule has 1 heterocycles. The van der Waals surface area contributed by atoms with Crippen molar-refractivity contribution in [3.05, 3.63) is 24.2 Å². The Bertz CT molecular complexity index is 361. The van der Waals surface area contributed by atoms with E-state index in [1.165, 1.54) is 19.3 Å². The van der Waals surface area contributed by atoms with Crippen molar-refractivity contribution in [2.24, 2.45) is 0 Å². The van der Waals surface area contributed by atoms with Crippen LogP contribution in [0.4, 0.5) is 5.82 Å². The van der Waals surface area contributed by atoms with Crippen molar-refractivity contribution < 1.29 is 0 Å². The van der Waals surface area contributed by atoms with Crippen molar-refractivity contribution in [2.75, 3.05) is 5.73 Å². The third-order valence-electron chi connectivity index (χ3n) is 3.23. The molecule has 3 nitrogen and oxygen atoms in total. The molecule has 0 atom stereocenters. The summed E-state index contributed by atoms with van der Waals surface area (Å²) in [5.41, 5.74) is 7.25. The number of aromatic nitrogens is 2. The quantitative estimate of drug-likeness (QED) is 0.767. The van der Waals surface area contributed by atoms with Gasteiger partial charge in [0.2, 0.25) is 0 Å². The van der Waals surface area contributed by atoms with E-state index in [0.717, 1.165) is 30.3 Å². The monoisotopic (exact) mass is 205 g/mol. The number of hydrogen-bond acceptors (Lipinski definition) is 2. The number of aryl methyl sites for hydroxylation is 1. The average molecular weight is 205 g/mol. The van der Waals surface area contributed by atoms with Crippen molar-refractivity contribution in [3.63, 3.8) is 0 Å². The minimum absolute atomic E-state index is 0.612. The molecule has 0 radical (unpaired) electrons. The lowest BCUT2D eigenvalue weighted by Crippen LogP contribution is -2.12. The van der Waals surface area contributed by atoms with Crippen LogP contribution in [-0.4, -0.2) is 9.55 Å². The average Bonchev–Trinajstić information content (AvgIpc) is 2.44. The predicted octanol–water partition coefficient (Wildman–Crippen LogP) is 2.48. The third-order valence-corrected chi connectivity index (χ3v) is 3.23. The molecular formula is C12H19N3. The molecule has 1 aromatic rings. The summed E-state index contributed by atoms with van der Waals surface area (Å²) in [7, 11) is 0. The number of anilines is 1. The van der Waals surface area contributed by atoms with Crippen LogP contribution < -0.4 is 5.73 Å². The maximum atomic E-state index is 6.13. The van der Waals surface area contributed by atoms with Gasteiger partial charge in [0.05, 0.1) is 5.69 Å². The molecule has 0 unspecified atom stereocenters. The van der Waals surface area contributed by atoms with Crippen LogP contribution in [0.2, 0.25) is 0 Å². The molecule has 0 bridgehead atoms. The lowest BCUT2D eigenvalue weighted by molar-refractivity contribution is 0.413. The van der Waals surface area contributed by atoms with Gasteiger partial charge in [0.15, 0.2) is 0 Å². The number of rotatable bonds is 4. The SMILES string of the molecule is C=CCn1c(CC)nc(C2CCC2)c1N. The Kier molecular flexibility index (Phi) is 2.80. The zero-order valence-electron chi connectivity index (χ0n) is 9.37. The molecule has 2 rings (SSSR count). The molecule has 3 heteroatoms. The second-order valence-electron chi connectivity index (χ2n) is 4.18. The van der Waals surface area contributed by atoms with Gasteiger partial charge in [0, 0.05) is 18.9 Å². The van der Waals surface area contributed by atoms with E-state index in [9.17, 15) is 0 Å². The summed E-state index contributed by atoms with van der Waals surface area (Å²) in [4.78, 5) is 4.66. The predicted molar refractivity (Wildman–Crippen MR) is 62.8 cm³/mol. The van der Waals surface area contributed by atoms with E-state index in [-0.39, 0.29) is 0 Å². The van der Waals surface area contributed by atoms with E-state index < -0.39 is 0 Å². The summed E-state index contributed by atoms with van der Waals surface area (Å²) >= 11 is 0. The first-order valence-corrected chi connectivity index (χ1v) is 5.73. The Morgan fingerprint density at radius 1 is 1.60 bits per heavy atom. The highest BCUT2D eigenvalue weighted by Gasteiger charge is 2.26. The fourth-order valence-corrected chi connectivity index (χ4v) is 2.12. The fourth-order valence-electron chi connectivity index (χ4n) is 2.12. The van der Waals surface area contributed by atoms with Crippen molar-refractivity contribution in [1.82, 2.24) is 9.55 Å². The van der Waals surface area contributed by atoms with Gasteiger partial charge in [0.1, 0.15) is 11.6 Å². The molecule has 82 valence electrons. The Morgan fingerprint density at radius 3 is 2.80 bits per heavy atom. The van der Waals surface area contributed by atoms with Gasteiger partial charge >= 0.3 is 0 Å². The fraction of sp³-hybridized carbons (Fsp3) is 0.583. The van der Waals surface area contributed by atoms with Crippen molar-refractivity contribution in [3.8, 4) is 0 Å². The van der Waals surface area contributed by atoms with E-state index in [2.05, 4.69) is 23.1 Å². The Morgan fingerprint density at radius 2 is 2.33 bits per heavy atom. The number of nitrogen functional groups attached to an aromatic ring is 1. The first kappa shape index (κ1) is 10.3. The van der Waals surface area contributed by atoms with Gasteiger partial charge in [-0.15, -0.1) is 6.58 Å². The lowest BCUT2D eigenvalue weighted by Gasteiger charge is -2.23. The van der Waals surface area contributed by atoms with Crippen LogP contribution in [0.25, 0.3) is 0 Å². The number of nitrogens with zero attached hydrogens (tertiary/aromatic N) is 2. The smallest absolute Gasteiger partial charge is 0.127 e. The van der Waals surface area contributed by atoms with Gasteiger partial charge in [-0.1, -0.05) is 19.4 Å². The zero-order valence-corrected chi connectivity index (χ0v) is 9.37. The molecule has 1 aliphatic rings. The second kappa shape index (κ2) is 4.09. The highest BCUT2D eigenvalue weighted by Crippen LogP contribution is 2.38. The maximum absolute atomic E-state index is 6.13. The topological polar surface area (TPSA) is 43.8 Å². The molecule has 1 aliphatic carbocycles. The van der Waals surface area contributed by atoms with Crippen LogP contribution >= 0.6 is 0 Å². The summed E-state index contributed by atoms with van der Waals surface area (Å²) in [5.74, 6) is 2.56. The van der Waals surface area contributed by atoms with E-state index in [4.69, 9.17) is 5.73 Å². The molecule has 0 aliphatic heterocycles. The molecule has 1 aromatic heterocycles. The molecule has 15 heavy (non-hydrogen) atoms. The molecule has 0 amide bonds. The first-order valence-electron chi connectivity index (χ1n) is 5.73. The minimum Gasteiger partial charge on any atom is -0.384 e. The molecule has 1 fully saturated rings. The third kappa shape index (κ3) is 1.66. The van der Waals surface area contributed by atoms with Gasteiger partial charge in [-0.3, -0.25) is 0 Å². The summed E-state index contributed by atoms with van der Waals surface area (Å²) < 4.78 is 2.08. The van der Waals surface area contributed by atoms with Crippen molar-refractivity contribution in [2.45, 2.75) is 45.1 Å². The Balaban J connectivity index is 2.34. The Labute approximate surface area is 91.0 Å². The molecule has 0 spiro atoms. The molecular weight excluding hydrogens is 186 g/mol. The maximum Gasteiger partial charge on any atom is 0.127 e. The summed E-state index contributed by atoms with van der Waals surface area (Å²) in [5, 5.41) is 0. The number of imidazole rings is 1. The molecule has 0 aromatic carbocycles. The Hall–Kier alpha value is -1.25. The summed E-state index contributed by atoms with van der Waals surface area (Å²) in [6.45, 7) is 6.65. The summed E-state index contributed by atoms with van der Waals surface area (Å²) in [6.07, 6.45) is 6.63. The minimum atomic E-state index is 0.612. The number of allylic oxidation sites excluding steroid dienone is 1. The highest BCUT2D eigenvalue weighted by molar-refractivity contribution is 5.41. The molecule has 2 N–H and O–H groups in total. The van der Waals surface area contributed by atoms with Crippen molar-refractivity contribution in [1.29, 1.82) is 0 Å². The lowest BCUT2D eigenvalue weighted by atomic mass is 9.83. The largest absolute Gasteiger partial charge is 0.384 e. The normalized spacial score (nSPS) is 16.3. The highest BCUT2D eigenvalue weighted by atomic mass is 15.1. The molecule has 1 saturated carbocycles. The van der Waals surface area contributed by atoms with Crippen LogP contribution in [0.1, 0.15) is 43.6 Å². The number of hydrogen-bond donors (Lipinski definition) is 1. The van der Waals surface area contributed by atoms with Gasteiger partial charge in [0.25, 0.3) is 0 Å². The van der Waals surface area contributed by atoms with E-state index in [0.29, 0.717) is 5.92 Å². The number of nitrogens with two attached hydrogens (primary N) is 1. The van der Waals surface area contributed by atoms with Gasteiger partial charge in [-0.2, -0.15) is 0 Å². The van der Waals surface area contributed by atoms with Crippen LogP contribution in [0, 0.1) is 0 Å². The first-order chi connectivity index (χ1) is 7.27. The standard InChI is InChI=1S/C12H19N3/c1-3-8-15-10(4-2)14-11(12(15)13)9-6-5-7-9/h3,9H,1,4-8,13H2,2H3. The van der Waals surface area contributed by atoms with Crippen LogP contribution in [-0.2, 0) is 13.0 Å². The van der Waals surface area contributed by atoms with Crippen LogP contribution in [0.15, 0.2) is 12.7 Å². The molecule has 0 saturated heterocycles. The van der Waals surface area contributed by atoms with E-state index in [1.54, 1.807) is 0 Å².